The number of para-hydroxylation sites is 1. The molecule has 0 aliphatic heterocycles. The fourth-order valence-electron chi connectivity index (χ4n) is 2.21. The van der Waals surface area contributed by atoms with Crippen molar-refractivity contribution in [3.05, 3.63) is 76.0 Å². The van der Waals surface area contributed by atoms with Crippen molar-refractivity contribution in [2.24, 2.45) is 5.10 Å². The second-order valence-electron chi connectivity index (χ2n) is 5.35. The normalized spacial score (nSPS) is 10.7. The summed E-state index contributed by atoms with van der Waals surface area (Å²) in [5.74, 6) is 0.795. The van der Waals surface area contributed by atoms with Crippen molar-refractivity contribution in [1.82, 2.24) is 15.2 Å². The first-order valence-electron chi connectivity index (χ1n) is 7.91. The third-order valence-electron chi connectivity index (χ3n) is 3.47. The molecule has 3 rings (SSSR count). The Morgan fingerprint density at radius 2 is 2.07 bits per heavy atom. The van der Waals surface area contributed by atoms with Gasteiger partial charge in [-0.3, -0.25) is 9.78 Å². The molecule has 0 aliphatic carbocycles. The van der Waals surface area contributed by atoms with E-state index in [1.807, 2.05) is 0 Å². The van der Waals surface area contributed by atoms with Crippen LogP contribution in [0.4, 0.5) is 10.3 Å². The fraction of sp³-hybridized carbons (Fsp3) is 0.111. The van der Waals surface area contributed by atoms with Crippen LogP contribution in [0.3, 0.4) is 0 Å². The van der Waals surface area contributed by atoms with E-state index in [0.29, 0.717) is 17.1 Å². The summed E-state index contributed by atoms with van der Waals surface area (Å²) >= 11 is 0. The van der Waals surface area contributed by atoms with Crippen LogP contribution in [0.1, 0.15) is 11.1 Å². The van der Waals surface area contributed by atoms with Gasteiger partial charge < -0.3 is 9.47 Å². The van der Waals surface area contributed by atoms with E-state index in [-0.39, 0.29) is 18.4 Å². The van der Waals surface area contributed by atoms with Crippen LogP contribution < -0.4 is 20.5 Å². The van der Waals surface area contributed by atoms with Crippen LogP contribution in [-0.4, -0.2) is 28.5 Å². The van der Waals surface area contributed by atoms with Crippen LogP contribution >= 0.6 is 0 Å². The maximum absolute atomic E-state index is 13.0. The Hall–Kier alpha value is -3.75. The van der Waals surface area contributed by atoms with Gasteiger partial charge in [-0.15, -0.1) is 10.2 Å². The number of halogens is 1. The van der Waals surface area contributed by atoms with Gasteiger partial charge in [0.1, 0.15) is 18.6 Å². The van der Waals surface area contributed by atoms with Gasteiger partial charge in [0.05, 0.1) is 13.3 Å². The van der Waals surface area contributed by atoms with Crippen LogP contribution in [0.25, 0.3) is 0 Å². The van der Waals surface area contributed by atoms with E-state index in [1.54, 1.807) is 30.3 Å². The predicted octanol–water partition coefficient (Wildman–Crippen LogP) is 2.34. The minimum atomic E-state index is -0.396. The Morgan fingerprint density at radius 3 is 2.81 bits per heavy atom. The van der Waals surface area contributed by atoms with Crippen LogP contribution in [0.2, 0.25) is 0 Å². The summed E-state index contributed by atoms with van der Waals surface area (Å²) in [4.78, 5) is 13.6. The number of hydrogen-bond acceptors (Lipinski definition) is 7. The third kappa shape index (κ3) is 4.88. The molecule has 0 saturated carbocycles. The molecule has 0 unspecified atom stereocenters. The Bertz CT molecular complexity index is 989. The molecule has 0 atom stereocenters. The summed E-state index contributed by atoms with van der Waals surface area (Å²) < 4.78 is 24.2. The predicted molar refractivity (Wildman–Crippen MR) is 97.6 cm³/mol. The summed E-state index contributed by atoms with van der Waals surface area (Å²) in [6.45, 7) is 0.229. The molecule has 2 N–H and O–H groups in total. The van der Waals surface area contributed by atoms with Gasteiger partial charge in [-0.1, -0.05) is 18.2 Å². The fourth-order valence-corrected chi connectivity index (χ4v) is 2.21. The number of aromatic nitrogens is 3. The van der Waals surface area contributed by atoms with Gasteiger partial charge in [0, 0.05) is 5.56 Å². The quantitative estimate of drug-likeness (QED) is 0.490. The maximum Gasteiger partial charge on any atom is 0.271 e. The topological polar surface area (TPSA) is 101 Å². The Balaban J connectivity index is 1.77. The van der Waals surface area contributed by atoms with Crippen molar-refractivity contribution in [3.63, 3.8) is 0 Å². The van der Waals surface area contributed by atoms with Gasteiger partial charge in [-0.05, 0) is 29.8 Å². The molecule has 0 radical (unpaired) electrons. The second kappa shape index (κ2) is 8.56. The first-order valence-corrected chi connectivity index (χ1v) is 7.91. The highest BCUT2D eigenvalue weighted by Crippen LogP contribution is 2.30. The zero-order valence-electron chi connectivity index (χ0n) is 14.3. The zero-order chi connectivity index (χ0) is 19.1. The lowest BCUT2D eigenvalue weighted by molar-refractivity contribution is 0.284. The van der Waals surface area contributed by atoms with Crippen LogP contribution in [0.5, 0.6) is 11.5 Å². The highest BCUT2D eigenvalue weighted by atomic mass is 19.1. The number of H-pyrrole nitrogens is 1. The van der Waals surface area contributed by atoms with Crippen LogP contribution in [-0.2, 0) is 6.61 Å². The van der Waals surface area contributed by atoms with E-state index in [1.165, 1.54) is 25.5 Å². The Morgan fingerprint density at radius 1 is 1.26 bits per heavy atom. The first kappa shape index (κ1) is 18.1. The molecular weight excluding hydrogens is 353 g/mol. The van der Waals surface area contributed by atoms with Gasteiger partial charge >= 0.3 is 0 Å². The number of rotatable bonds is 7. The standard InChI is InChI=1S/C18H16FN5O3/c1-26-15-4-2-3-13(9-20-23-18-22-16(25)10-21-24-18)17(15)27-11-12-5-7-14(19)8-6-12/h2-10H,11H2,1H3,(H2,22,23,24,25)/b20-9+. The highest BCUT2D eigenvalue weighted by Gasteiger charge is 2.10. The number of benzene rings is 2. The van der Waals surface area contributed by atoms with Gasteiger partial charge in [0.2, 0.25) is 5.95 Å². The molecule has 0 aliphatic rings. The van der Waals surface area contributed by atoms with Gasteiger partial charge in [-0.2, -0.15) is 5.10 Å². The zero-order valence-corrected chi connectivity index (χ0v) is 14.3. The third-order valence-corrected chi connectivity index (χ3v) is 3.47. The molecule has 2 aromatic carbocycles. The average Bonchev–Trinajstić information content (AvgIpc) is 2.68. The van der Waals surface area contributed by atoms with E-state index in [9.17, 15) is 9.18 Å². The number of nitrogens with one attached hydrogen (secondary N) is 2. The molecule has 138 valence electrons. The number of aromatic amines is 1. The van der Waals surface area contributed by atoms with E-state index < -0.39 is 5.56 Å². The summed E-state index contributed by atoms with van der Waals surface area (Å²) in [5, 5.41) is 11.2. The smallest absolute Gasteiger partial charge is 0.271 e. The Labute approximate surface area is 153 Å². The number of anilines is 1. The SMILES string of the molecule is COc1cccc(/C=N/Nc2nncc(=O)[nH]2)c1OCc1ccc(F)cc1. The number of hydrogen-bond donors (Lipinski definition) is 2. The lowest BCUT2D eigenvalue weighted by atomic mass is 10.2. The molecule has 0 saturated heterocycles. The molecule has 0 fully saturated rings. The number of methoxy groups -OCH3 is 1. The number of ether oxygens (including phenoxy) is 2. The second-order valence-corrected chi connectivity index (χ2v) is 5.35. The van der Waals surface area contributed by atoms with E-state index in [2.05, 4.69) is 25.7 Å². The summed E-state index contributed by atoms with van der Waals surface area (Å²) in [6, 6.07) is 11.4. The lowest BCUT2D eigenvalue weighted by Gasteiger charge is -2.13. The molecule has 0 spiro atoms. The van der Waals surface area contributed by atoms with Crippen molar-refractivity contribution < 1.29 is 13.9 Å². The minimum absolute atomic E-state index is 0.107. The Kier molecular flexibility index (Phi) is 5.73. The molecule has 3 aromatic rings. The van der Waals surface area contributed by atoms with E-state index in [4.69, 9.17) is 9.47 Å². The van der Waals surface area contributed by atoms with Crippen molar-refractivity contribution in [3.8, 4) is 11.5 Å². The molecule has 27 heavy (non-hydrogen) atoms. The monoisotopic (exact) mass is 369 g/mol. The van der Waals surface area contributed by atoms with Crippen molar-refractivity contribution >= 4 is 12.2 Å². The molecule has 1 heterocycles. The summed E-state index contributed by atoms with van der Waals surface area (Å²) in [5.41, 5.74) is 3.63. The first-order chi connectivity index (χ1) is 13.2. The van der Waals surface area contributed by atoms with E-state index in [0.717, 1.165) is 11.8 Å². The van der Waals surface area contributed by atoms with Gasteiger partial charge in [-0.25, -0.2) is 9.82 Å². The van der Waals surface area contributed by atoms with Gasteiger partial charge in [0.25, 0.3) is 5.56 Å². The van der Waals surface area contributed by atoms with Crippen LogP contribution in [0, 0.1) is 5.82 Å². The van der Waals surface area contributed by atoms with Gasteiger partial charge in [0.15, 0.2) is 11.5 Å². The molecule has 8 nitrogen and oxygen atoms in total. The van der Waals surface area contributed by atoms with Crippen LogP contribution in [0.15, 0.2) is 58.6 Å². The summed E-state index contributed by atoms with van der Waals surface area (Å²) in [6.07, 6.45) is 2.55. The maximum atomic E-state index is 13.0. The molecule has 1 aromatic heterocycles. The van der Waals surface area contributed by atoms with E-state index >= 15 is 0 Å². The highest BCUT2D eigenvalue weighted by molar-refractivity contribution is 5.85. The molecule has 0 bridgehead atoms. The average molecular weight is 369 g/mol. The van der Waals surface area contributed by atoms with Crippen molar-refractivity contribution in [1.29, 1.82) is 0 Å². The van der Waals surface area contributed by atoms with Crippen molar-refractivity contribution in [2.75, 3.05) is 12.5 Å². The lowest BCUT2D eigenvalue weighted by Crippen LogP contribution is -2.10. The number of hydrazone groups is 1. The largest absolute Gasteiger partial charge is 0.493 e. The number of nitrogens with zero attached hydrogens (tertiary/aromatic N) is 3. The molecular formula is C18H16FN5O3. The summed E-state index contributed by atoms with van der Waals surface area (Å²) in [7, 11) is 1.53. The van der Waals surface area contributed by atoms with Crippen molar-refractivity contribution in [2.45, 2.75) is 6.61 Å². The molecule has 0 amide bonds. The molecule has 9 heteroatoms. The minimum Gasteiger partial charge on any atom is -0.493 e.